The van der Waals surface area contributed by atoms with Crippen molar-refractivity contribution in [3.63, 3.8) is 0 Å². The average molecular weight is 284 g/mol. The van der Waals surface area contributed by atoms with Gasteiger partial charge < -0.3 is 24.1 Å². The van der Waals surface area contributed by atoms with Gasteiger partial charge in [0.05, 0.1) is 34.4 Å². The number of carboxylic acids is 1. The first-order valence-electron chi connectivity index (χ1n) is 6.17. The molecule has 0 atom stereocenters. The van der Waals surface area contributed by atoms with Gasteiger partial charge in [-0.2, -0.15) is 0 Å². The van der Waals surface area contributed by atoms with E-state index in [9.17, 15) is 4.79 Å². The number of carbonyl (C=O) groups is 1. The predicted molar refractivity (Wildman–Crippen MR) is 73.3 cm³/mol. The summed E-state index contributed by atoms with van der Waals surface area (Å²) in [5, 5.41) is 9.05. The number of ether oxygens (including phenoxy) is 4. The highest BCUT2D eigenvalue weighted by atomic mass is 16.5. The number of methoxy groups -OCH3 is 3. The van der Waals surface area contributed by atoms with Crippen LogP contribution in [0.3, 0.4) is 0 Å². The van der Waals surface area contributed by atoms with Gasteiger partial charge in [-0.1, -0.05) is 0 Å². The molecule has 6 nitrogen and oxygen atoms in total. The highest BCUT2D eigenvalue weighted by molar-refractivity contribution is 5.76. The molecule has 0 aliphatic heterocycles. The van der Waals surface area contributed by atoms with E-state index in [2.05, 4.69) is 0 Å². The molecule has 0 aliphatic carbocycles. The van der Waals surface area contributed by atoms with Gasteiger partial charge in [0.25, 0.3) is 0 Å². The largest absolute Gasteiger partial charge is 0.492 e. The SMILES string of the molecule is CCOc1c(OC)c(CC(=O)O)c(C)c(OC)c1OC. The van der Waals surface area contributed by atoms with E-state index in [0.29, 0.717) is 40.7 Å². The van der Waals surface area contributed by atoms with Crippen LogP contribution in [-0.2, 0) is 11.2 Å². The molecular weight excluding hydrogens is 264 g/mol. The van der Waals surface area contributed by atoms with Crippen molar-refractivity contribution in [3.8, 4) is 23.0 Å². The van der Waals surface area contributed by atoms with Gasteiger partial charge in [-0.3, -0.25) is 4.79 Å². The quantitative estimate of drug-likeness (QED) is 0.826. The van der Waals surface area contributed by atoms with E-state index in [4.69, 9.17) is 24.1 Å². The number of hydrogen-bond acceptors (Lipinski definition) is 5. The van der Waals surface area contributed by atoms with Gasteiger partial charge in [-0.05, 0) is 13.8 Å². The molecule has 0 fully saturated rings. The van der Waals surface area contributed by atoms with Crippen LogP contribution >= 0.6 is 0 Å². The Bertz CT molecular complexity index is 495. The summed E-state index contributed by atoms with van der Waals surface area (Å²) >= 11 is 0. The smallest absolute Gasteiger partial charge is 0.307 e. The van der Waals surface area contributed by atoms with Gasteiger partial charge in [0.15, 0.2) is 11.5 Å². The van der Waals surface area contributed by atoms with Crippen LogP contribution < -0.4 is 18.9 Å². The summed E-state index contributed by atoms with van der Waals surface area (Å²) in [5.41, 5.74) is 1.17. The number of rotatable bonds is 7. The molecule has 0 amide bonds. The molecular formula is C14H20O6. The van der Waals surface area contributed by atoms with Gasteiger partial charge in [0, 0.05) is 11.1 Å². The molecule has 1 aromatic carbocycles. The molecule has 1 rings (SSSR count). The van der Waals surface area contributed by atoms with E-state index in [1.54, 1.807) is 6.92 Å². The van der Waals surface area contributed by atoms with Gasteiger partial charge in [-0.15, -0.1) is 0 Å². The van der Waals surface area contributed by atoms with Crippen molar-refractivity contribution in [2.24, 2.45) is 0 Å². The first-order chi connectivity index (χ1) is 9.51. The van der Waals surface area contributed by atoms with Crippen LogP contribution in [0.1, 0.15) is 18.1 Å². The number of aliphatic carboxylic acids is 1. The van der Waals surface area contributed by atoms with Crippen molar-refractivity contribution >= 4 is 5.97 Å². The first kappa shape index (κ1) is 15.9. The Morgan fingerprint density at radius 1 is 1.00 bits per heavy atom. The molecule has 1 aromatic rings. The summed E-state index contributed by atoms with van der Waals surface area (Å²) < 4.78 is 21.5. The molecule has 0 saturated carbocycles. The van der Waals surface area contributed by atoms with E-state index in [1.165, 1.54) is 21.3 Å². The first-order valence-corrected chi connectivity index (χ1v) is 6.17. The lowest BCUT2D eigenvalue weighted by Gasteiger charge is -2.21. The van der Waals surface area contributed by atoms with Crippen molar-refractivity contribution in [1.82, 2.24) is 0 Å². The molecule has 0 heterocycles. The molecule has 0 bridgehead atoms. The number of carboxylic acid groups (broad SMARTS) is 1. The van der Waals surface area contributed by atoms with Gasteiger partial charge in [0.1, 0.15) is 0 Å². The molecule has 0 saturated heterocycles. The van der Waals surface area contributed by atoms with Crippen LogP contribution in [0.25, 0.3) is 0 Å². The molecule has 0 aromatic heterocycles. The van der Waals surface area contributed by atoms with Gasteiger partial charge in [0.2, 0.25) is 11.5 Å². The van der Waals surface area contributed by atoms with E-state index < -0.39 is 5.97 Å². The zero-order valence-electron chi connectivity index (χ0n) is 12.4. The maximum Gasteiger partial charge on any atom is 0.307 e. The Morgan fingerprint density at radius 3 is 1.95 bits per heavy atom. The molecule has 1 N–H and O–H groups in total. The fourth-order valence-corrected chi connectivity index (χ4v) is 2.11. The lowest BCUT2D eigenvalue weighted by Crippen LogP contribution is -2.09. The van der Waals surface area contributed by atoms with E-state index in [-0.39, 0.29) is 6.42 Å². The summed E-state index contributed by atoms with van der Waals surface area (Å²) in [6.45, 7) is 3.98. The van der Waals surface area contributed by atoms with Crippen molar-refractivity contribution in [2.45, 2.75) is 20.3 Å². The molecule has 0 spiro atoms. The minimum absolute atomic E-state index is 0.185. The van der Waals surface area contributed by atoms with Crippen molar-refractivity contribution in [3.05, 3.63) is 11.1 Å². The standard InChI is InChI=1S/C14H20O6/c1-6-20-14-12(18-4)9(7-10(15)16)8(2)11(17-3)13(14)19-5/h6-7H2,1-5H3,(H,15,16). The number of hydrogen-bond donors (Lipinski definition) is 1. The Morgan fingerprint density at radius 2 is 1.55 bits per heavy atom. The second-order valence-electron chi connectivity index (χ2n) is 4.04. The topological polar surface area (TPSA) is 74.2 Å². The van der Waals surface area contributed by atoms with Crippen LogP contribution in [-0.4, -0.2) is 39.0 Å². The van der Waals surface area contributed by atoms with Crippen LogP contribution in [0.4, 0.5) is 0 Å². The minimum Gasteiger partial charge on any atom is -0.492 e. The monoisotopic (exact) mass is 284 g/mol. The second-order valence-corrected chi connectivity index (χ2v) is 4.04. The van der Waals surface area contributed by atoms with Gasteiger partial charge >= 0.3 is 5.97 Å². The van der Waals surface area contributed by atoms with Crippen LogP contribution in [0.5, 0.6) is 23.0 Å². The fourth-order valence-electron chi connectivity index (χ4n) is 2.11. The van der Waals surface area contributed by atoms with Crippen molar-refractivity contribution in [2.75, 3.05) is 27.9 Å². The third kappa shape index (κ3) is 2.89. The van der Waals surface area contributed by atoms with Crippen molar-refractivity contribution < 1.29 is 28.8 Å². The molecule has 6 heteroatoms. The lowest BCUT2D eigenvalue weighted by molar-refractivity contribution is -0.136. The van der Waals surface area contributed by atoms with E-state index in [0.717, 1.165) is 0 Å². The average Bonchev–Trinajstić information content (AvgIpc) is 2.41. The Labute approximate surface area is 118 Å². The summed E-state index contributed by atoms with van der Waals surface area (Å²) in [7, 11) is 4.46. The predicted octanol–water partition coefficient (Wildman–Crippen LogP) is 2.05. The number of benzene rings is 1. The third-order valence-electron chi connectivity index (χ3n) is 2.92. The third-order valence-corrected chi connectivity index (χ3v) is 2.92. The zero-order chi connectivity index (χ0) is 15.3. The van der Waals surface area contributed by atoms with Crippen LogP contribution in [0, 0.1) is 6.92 Å². The van der Waals surface area contributed by atoms with Gasteiger partial charge in [-0.25, -0.2) is 0 Å². The second kappa shape index (κ2) is 6.88. The fraction of sp³-hybridized carbons (Fsp3) is 0.500. The highest BCUT2D eigenvalue weighted by Crippen LogP contribution is 2.49. The van der Waals surface area contributed by atoms with Crippen LogP contribution in [0.2, 0.25) is 0 Å². The minimum atomic E-state index is -0.957. The maximum atomic E-state index is 11.0. The normalized spacial score (nSPS) is 10.1. The molecule has 0 unspecified atom stereocenters. The van der Waals surface area contributed by atoms with Crippen LogP contribution in [0.15, 0.2) is 0 Å². The van der Waals surface area contributed by atoms with E-state index >= 15 is 0 Å². The molecule has 0 radical (unpaired) electrons. The summed E-state index contributed by atoms with van der Waals surface area (Å²) in [6, 6.07) is 0. The molecule has 112 valence electrons. The highest BCUT2D eigenvalue weighted by Gasteiger charge is 2.26. The lowest BCUT2D eigenvalue weighted by atomic mass is 10.0. The van der Waals surface area contributed by atoms with E-state index in [1.807, 2.05) is 6.92 Å². The zero-order valence-corrected chi connectivity index (χ0v) is 12.4. The summed E-state index contributed by atoms with van der Waals surface area (Å²) in [6.07, 6.45) is -0.185. The van der Waals surface area contributed by atoms with Crippen molar-refractivity contribution in [1.29, 1.82) is 0 Å². The Hall–Kier alpha value is -2.11. The Kier molecular flexibility index (Phi) is 5.49. The summed E-state index contributed by atoms with van der Waals surface area (Å²) in [4.78, 5) is 11.0. The Balaban J connectivity index is 3.65. The maximum absolute atomic E-state index is 11.0. The molecule has 0 aliphatic rings. The molecule has 20 heavy (non-hydrogen) atoms. The summed E-state index contributed by atoms with van der Waals surface area (Å²) in [5.74, 6) is 0.618.